The molecule has 1 aliphatic rings. The normalized spacial score (nSPS) is 16.1. The first-order valence-corrected chi connectivity index (χ1v) is 13.1. The number of carbonyl (C=O) groups excluding carboxylic acids is 2. The Balaban J connectivity index is 1.41. The van der Waals surface area contributed by atoms with E-state index in [2.05, 4.69) is 5.32 Å². The van der Waals surface area contributed by atoms with Gasteiger partial charge in [-0.3, -0.25) is 4.79 Å². The molecule has 0 spiro atoms. The summed E-state index contributed by atoms with van der Waals surface area (Å²) in [5.74, 6) is 0.155. The van der Waals surface area contributed by atoms with Gasteiger partial charge in [-0.25, -0.2) is 9.18 Å². The largest absolute Gasteiger partial charge is 0.497 e. The van der Waals surface area contributed by atoms with E-state index >= 15 is 0 Å². The Labute approximate surface area is 233 Å². The molecule has 0 unspecified atom stereocenters. The highest BCUT2D eigenvalue weighted by atomic mass is 19.1. The van der Waals surface area contributed by atoms with Crippen molar-refractivity contribution in [1.82, 2.24) is 9.80 Å². The van der Waals surface area contributed by atoms with Crippen LogP contribution in [0.1, 0.15) is 17.2 Å². The highest BCUT2D eigenvalue weighted by Gasteiger charge is 2.29. The van der Waals surface area contributed by atoms with E-state index < -0.39 is 0 Å². The van der Waals surface area contributed by atoms with Crippen LogP contribution < -0.4 is 10.1 Å². The summed E-state index contributed by atoms with van der Waals surface area (Å²) in [6.45, 7) is 0.409. The van der Waals surface area contributed by atoms with Crippen LogP contribution in [0, 0.1) is 5.82 Å². The van der Waals surface area contributed by atoms with Gasteiger partial charge in [-0.15, -0.1) is 0 Å². The number of amides is 3. The first kappa shape index (κ1) is 26.7. The topological polar surface area (TPSA) is 61.9 Å². The van der Waals surface area contributed by atoms with Crippen molar-refractivity contribution in [3.05, 3.63) is 132 Å². The molecule has 0 fully saturated rings. The van der Waals surface area contributed by atoms with Crippen LogP contribution in [0.15, 0.2) is 115 Å². The number of halogens is 1. The molecule has 1 atom stereocenters. The van der Waals surface area contributed by atoms with E-state index in [1.165, 1.54) is 17.0 Å². The summed E-state index contributed by atoms with van der Waals surface area (Å²) in [5.41, 5.74) is 4.23. The Hall–Kier alpha value is -4.91. The van der Waals surface area contributed by atoms with Crippen molar-refractivity contribution in [2.75, 3.05) is 25.5 Å². The van der Waals surface area contributed by atoms with Gasteiger partial charge in [-0.2, -0.15) is 0 Å². The van der Waals surface area contributed by atoms with Gasteiger partial charge in [-0.05, 0) is 47.0 Å². The first-order valence-electron chi connectivity index (χ1n) is 13.1. The van der Waals surface area contributed by atoms with Gasteiger partial charge >= 0.3 is 6.03 Å². The van der Waals surface area contributed by atoms with Gasteiger partial charge < -0.3 is 19.9 Å². The summed E-state index contributed by atoms with van der Waals surface area (Å²) in [6, 6.07) is 30.3. The summed E-state index contributed by atoms with van der Waals surface area (Å²) < 4.78 is 18.9. The smallest absolute Gasteiger partial charge is 0.322 e. The molecule has 4 aromatic rings. The van der Waals surface area contributed by atoms with Crippen molar-refractivity contribution in [2.24, 2.45) is 0 Å². The van der Waals surface area contributed by atoms with Crippen LogP contribution in [0.2, 0.25) is 0 Å². The monoisotopic (exact) mass is 535 g/mol. The van der Waals surface area contributed by atoms with Crippen molar-refractivity contribution in [1.29, 1.82) is 0 Å². The Bertz CT molecular complexity index is 1490. The van der Waals surface area contributed by atoms with Gasteiger partial charge in [0, 0.05) is 18.7 Å². The summed E-state index contributed by atoms with van der Waals surface area (Å²) in [4.78, 5) is 30.4. The SMILES string of the molecule is COc1ccc([C@H]2/C=C\CN(C(=O)Nc3ccccc3-c3ccccc3)CC(=O)N2Cc2ccc(F)cc2)cc1. The van der Waals surface area contributed by atoms with Crippen molar-refractivity contribution in [3.8, 4) is 16.9 Å². The molecule has 0 radical (unpaired) electrons. The third-order valence-corrected chi connectivity index (χ3v) is 6.89. The van der Waals surface area contributed by atoms with Crippen LogP contribution in [0.25, 0.3) is 11.1 Å². The number of urea groups is 1. The summed E-state index contributed by atoms with van der Waals surface area (Å²) in [5, 5.41) is 3.00. The molecule has 1 aliphatic heterocycles. The van der Waals surface area contributed by atoms with Crippen LogP contribution in [0.4, 0.5) is 14.9 Å². The number of ether oxygens (including phenoxy) is 1. The van der Waals surface area contributed by atoms with Crippen molar-refractivity contribution in [2.45, 2.75) is 12.6 Å². The molecule has 1 N–H and O–H groups in total. The molecule has 0 aliphatic carbocycles. The van der Waals surface area contributed by atoms with E-state index in [-0.39, 0.29) is 43.4 Å². The van der Waals surface area contributed by atoms with Crippen LogP contribution >= 0.6 is 0 Å². The van der Waals surface area contributed by atoms with Crippen LogP contribution in [-0.4, -0.2) is 41.9 Å². The number of nitrogens with one attached hydrogen (secondary N) is 1. The van der Waals surface area contributed by atoms with Gasteiger partial charge in [0.15, 0.2) is 0 Å². The molecule has 0 bridgehead atoms. The minimum atomic E-state index is -0.369. The summed E-state index contributed by atoms with van der Waals surface area (Å²) in [7, 11) is 1.60. The second-order valence-corrected chi connectivity index (χ2v) is 9.52. The third kappa shape index (κ3) is 6.21. The molecule has 202 valence electrons. The number of hydrogen-bond acceptors (Lipinski definition) is 3. The van der Waals surface area contributed by atoms with Gasteiger partial charge in [-0.1, -0.05) is 84.9 Å². The number of para-hydroxylation sites is 1. The average Bonchev–Trinajstić information content (AvgIpc) is 2.98. The quantitative estimate of drug-likeness (QED) is 0.280. The molecule has 5 rings (SSSR count). The molecule has 6 nitrogen and oxygen atoms in total. The highest BCUT2D eigenvalue weighted by molar-refractivity contribution is 5.96. The lowest BCUT2D eigenvalue weighted by atomic mass is 10.0. The molecule has 3 amide bonds. The van der Waals surface area contributed by atoms with E-state index in [1.54, 1.807) is 24.1 Å². The maximum atomic E-state index is 13.8. The lowest BCUT2D eigenvalue weighted by Crippen LogP contribution is -2.46. The molecular weight excluding hydrogens is 505 g/mol. The number of anilines is 1. The van der Waals surface area contributed by atoms with Crippen molar-refractivity contribution in [3.63, 3.8) is 0 Å². The predicted octanol–water partition coefficient (Wildman–Crippen LogP) is 6.68. The Kier molecular flexibility index (Phi) is 8.21. The van der Waals surface area contributed by atoms with Crippen LogP contribution in [0.5, 0.6) is 5.75 Å². The van der Waals surface area contributed by atoms with E-state index in [9.17, 15) is 14.0 Å². The summed E-state index contributed by atoms with van der Waals surface area (Å²) in [6.07, 6.45) is 3.84. The Morgan fingerprint density at radius 3 is 2.35 bits per heavy atom. The fraction of sp³-hybridized carbons (Fsp3) is 0.152. The third-order valence-electron chi connectivity index (χ3n) is 6.89. The maximum absolute atomic E-state index is 13.8. The van der Waals surface area contributed by atoms with Crippen molar-refractivity contribution >= 4 is 17.6 Å². The second-order valence-electron chi connectivity index (χ2n) is 9.52. The van der Waals surface area contributed by atoms with Gasteiger partial charge in [0.2, 0.25) is 5.91 Å². The lowest BCUT2D eigenvalue weighted by molar-refractivity contribution is -0.134. The lowest BCUT2D eigenvalue weighted by Gasteiger charge is -2.34. The molecule has 0 aromatic heterocycles. The van der Waals surface area contributed by atoms with E-state index in [1.807, 2.05) is 91.0 Å². The minimum absolute atomic E-state index is 0.114. The molecule has 40 heavy (non-hydrogen) atoms. The van der Waals surface area contributed by atoms with Gasteiger partial charge in [0.25, 0.3) is 0 Å². The Morgan fingerprint density at radius 2 is 1.62 bits per heavy atom. The molecule has 1 heterocycles. The van der Waals surface area contributed by atoms with E-state index in [4.69, 9.17) is 4.74 Å². The number of methoxy groups -OCH3 is 1. The zero-order valence-electron chi connectivity index (χ0n) is 22.2. The maximum Gasteiger partial charge on any atom is 0.322 e. The minimum Gasteiger partial charge on any atom is -0.497 e. The van der Waals surface area contributed by atoms with Crippen molar-refractivity contribution < 1.29 is 18.7 Å². The zero-order valence-corrected chi connectivity index (χ0v) is 22.2. The molecule has 0 saturated heterocycles. The fourth-order valence-electron chi connectivity index (χ4n) is 4.77. The number of benzene rings is 4. The van der Waals surface area contributed by atoms with Crippen LogP contribution in [0.3, 0.4) is 0 Å². The second kappa shape index (κ2) is 12.3. The molecule has 7 heteroatoms. The number of rotatable bonds is 6. The number of nitrogens with zero attached hydrogens (tertiary/aromatic N) is 2. The number of carbonyl (C=O) groups is 2. The summed E-state index contributed by atoms with van der Waals surface area (Å²) >= 11 is 0. The fourth-order valence-corrected chi connectivity index (χ4v) is 4.77. The molecule has 4 aromatic carbocycles. The van der Waals surface area contributed by atoms with Gasteiger partial charge in [0.1, 0.15) is 18.1 Å². The molecular formula is C33H30FN3O3. The average molecular weight is 536 g/mol. The predicted molar refractivity (Wildman–Crippen MR) is 154 cm³/mol. The zero-order chi connectivity index (χ0) is 27.9. The highest BCUT2D eigenvalue weighted by Crippen LogP contribution is 2.30. The molecule has 0 saturated carbocycles. The van der Waals surface area contributed by atoms with Crippen LogP contribution in [-0.2, 0) is 11.3 Å². The van der Waals surface area contributed by atoms with E-state index in [0.29, 0.717) is 11.4 Å². The Morgan fingerprint density at radius 1 is 0.925 bits per heavy atom. The number of hydrogen-bond donors (Lipinski definition) is 1. The van der Waals surface area contributed by atoms with Gasteiger partial charge in [0.05, 0.1) is 18.8 Å². The van der Waals surface area contributed by atoms with E-state index in [0.717, 1.165) is 22.3 Å². The standard InChI is InChI=1S/C33H30FN3O3/c1-40-28-19-15-26(16-20-28)31-12-7-21-36(23-32(38)37(31)22-24-13-17-27(34)18-14-24)33(39)35-30-11-6-5-10-29(30)25-8-3-2-4-9-25/h2-20,31H,21-23H2,1H3,(H,35,39)/b12-7-/t31-/m1/s1. The first-order chi connectivity index (χ1) is 19.5.